The number of methoxy groups -OCH3 is 1. The van der Waals surface area contributed by atoms with Crippen molar-refractivity contribution in [1.29, 1.82) is 0 Å². The normalized spacial score (nSPS) is 12.1. The number of ether oxygens (including phenoxy) is 1. The molecule has 0 saturated carbocycles. The Balaban J connectivity index is 2.04. The Bertz CT molecular complexity index is 748. The molecule has 2 rings (SSSR count). The molecule has 0 bridgehead atoms. The molecule has 0 spiro atoms. The fraction of sp³-hybridized carbons (Fsp3) is 0.435. The first-order valence-corrected chi connectivity index (χ1v) is 9.35. The topological polar surface area (TPSA) is 38.3 Å². The Labute approximate surface area is 157 Å². The highest BCUT2D eigenvalue weighted by Crippen LogP contribution is 2.32. The number of hydrogen-bond donors (Lipinski definition) is 1. The average molecular weight is 354 g/mol. The van der Waals surface area contributed by atoms with Gasteiger partial charge in [0.25, 0.3) is 0 Å². The number of rotatable bonds is 7. The van der Waals surface area contributed by atoms with Crippen LogP contribution in [0.1, 0.15) is 67.0 Å². The molecule has 0 radical (unpaired) electrons. The lowest BCUT2D eigenvalue weighted by Gasteiger charge is -2.21. The lowest BCUT2D eigenvalue weighted by Crippen LogP contribution is -2.27. The van der Waals surface area contributed by atoms with Gasteiger partial charge in [-0.25, -0.2) is 0 Å². The average Bonchev–Trinajstić information content (AvgIpc) is 2.60. The van der Waals surface area contributed by atoms with Crippen LogP contribution in [0.2, 0.25) is 0 Å². The van der Waals surface area contributed by atoms with Crippen LogP contribution in [0, 0.1) is 13.8 Å². The van der Waals surface area contributed by atoms with E-state index in [0.29, 0.717) is 12.3 Å². The highest BCUT2D eigenvalue weighted by molar-refractivity contribution is 5.76. The number of aryl methyl sites for hydroxylation is 3. The van der Waals surface area contributed by atoms with Crippen LogP contribution in [0.15, 0.2) is 36.4 Å². The number of amides is 1. The summed E-state index contributed by atoms with van der Waals surface area (Å²) < 4.78 is 5.51. The second-order valence-corrected chi connectivity index (χ2v) is 7.38. The molecule has 2 aromatic rings. The van der Waals surface area contributed by atoms with Crippen LogP contribution in [-0.2, 0) is 11.2 Å². The van der Waals surface area contributed by atoms with Gasteiger partial charge in [0.05, 0.1) is 13.2 Å². The minimum Gasteiger partial charge on any atom is -0.496 e. The molecule has 0 aliphatic heterocycles. The second-order valence-electron chi connectivity index (χ2n) is 7.38. The predicted molar refractivity (Wildman–Crippen MR) is 108 cm³/mol. The maximum Gasteiger partial charge on any atom is 0.220 e. The summed E-state index contributed by atoms with van der Waals surface area (Å²) in [6.07, 6.45) is 1.26. The van der Waals surface area contributed by atoms with Crippen molar-refractivity contribution in [3.8, 4) is 5.75 Å². The molecule has 3 nitrogen and oxygen atoms in total. The van der Waals surface area contributed by atoms with E-state index in [1.165, 1.54) is 16.7 Å². The zero-order chi connectivity index (χ0) is 19.3. The molecule has 140 valence electrons. The summed E-state index contributed by atoms with van der Waals surface area (Å²) >= 11 is 0. The molecule has 1 N–H and O–H groups in total. The van der Waals surface area contributed by atoms with Crippen LogP contribution < -0.4 is 10.1 Å². The quantitative estimate of drug-likeness (QED) is 0.739. The summed E-state index contributed by atoms with van der Waals surface area (Å²) in [6.45, 7) is 10.5. The molecule has 0 unspecified atom stereocenters. The molecule has 0 aliphatic rings. The first-order chi connectivity index (χ1) is 12.3. The largest absolute Gasteiger partial charge is 0.496 e. The van der Waals surface area contributed by atoms with Crippen molar-refractivity contribution < 1.29 is 9.53 Å². The first-order valence-electron chi connectivity index (χ1n) is 9.35. The lowest BCUT2D eigenvalue weighted by atomic mass is 9.93. The molecular weight excluding hydrogens is 322 g/mol. The van der Waals surface area contributed by atoms with Gasteiger partial charge in [-0.15, -0.1) is 0 Å². The van der Waals surface area contributed by atoms with E-state index in [4.69, 9.17) is 4.74 Å². The lowest BCUT2D eigenvalue weighted by molar-refractivity contribution is -0.121. The van der Waals surface area contributed by atoms with Gasteiger partial charge in [0, 0.05) is 6.42 Å². The third-order valence-corrected chi connectivity index (χ3v) is 4.85. The van der Waals surface area contributed by atoms with E-state index in [9.17, 15) is 4.79 Å². The fourth-order valence-electron chi connectivity index (χ4n) is 3.21. The van der Waals surface area contributed by atoms with Crippen molar-refractivity contribution in [2.24, 2.45) is 0 Å². The molecular formula is C23H31NO2. The van der Waals surface area contributed by atoms with Crippen molar-refractivity contribution in [2.75, 3.05) is 7.11 Å². The predicted octanol–water partition coefficient (Wildman–Crippen LogP) is 5.25. The van der Waals surface area contributed by atoms with Crippen LogP contribution in [0.4, 0.5) is 0 Å². The van der Waals surface area contributed by atoms with Crippen LogP contribution >= 0.6 is 0 Å². The summed E-state index contributed by atoms with van der Waals surface area (Å²) in [5, 5.41) is 3.14. The minimum atomic E-state index is -0.0241. The molecule has 0 saturated heterocycles. The third-order valence-electron chi connectivity index (χ3n) is 4.85. The summed E-state index contributed by atoms with van der Waals surface area (Å²) in [5.74, 6) is 1.37. The molecule has 0 aliphatic carbocycles. The Morgan fingerprint density at radius 1 is 1.04 bits per heavy atom. The maximum absolute atomic E-state index is 12.4. The summed E-state index contributed by atoms with van der Waals surface area (Å²) in [7, 11) is 1.70. The molecule has 0 heterocycles. The monoisotopic (exact) mass is 353 g/mol. The van der Waals surface area contributed by atoms with Gasteiger partial charge >= 0.3 is 0 Å². The van der Waals surface area contributed by atoms with E-state index >= 15 is 0 Å². The fourth-order valence-corrected chi connectivity index (χ4v) is 3.21. The summed E-state index contributed by atoms with van der Waals surface area (Å²) in [4.78, 5) is 12.4. The third kappa shape index (κ3) is 5.10. The van der Waals surface area contributed by atoms with Crippen molar-refractivity contribution in [2.45, 2.75) is 59.4 Å². The van der Waals surface area contributed by atoms with E-state index in [1.807, 2.05) is 6.92 Å². The Hall–Kier alpha value is -2.29. The van der Waals surface area contributed by atoms with Gasteiger partial charge in [-0.2, -0.15) is 0 Å². The van der Waals surface area contributed by atoms with Crippen molar-refractivity contribution in [3.63, 3.8) is 0 Å². The van der Waals surface area contributed by atoms with Gasteiger partial charge in [-0.3, -0.25) is 4.79 Å². The summed E-state index contributed by atoms with van der Waals surface area (Å²) in [5.41, 5.74) is 5.90. The Kier molecular flexibility index (Phi) is 6.84. The molecule has 26 heavy (non-hydrogen) atoms. The van der Waals surface area contributed by atoms with Gasteiger partial charge in [-0.1, -0.05) is 43.7 Å². The van der Waals surface area contributed by atoms with Crippen LogP contribution in [0.5, 0.6) is 5.75 Å². The molecule has 0 fully saturated rings. The van der Waals surface area contributed by atoms with Crippen molar-refractivity contribution >= 4 is 5.91 Å². The summed E-state index contributed by atoms with van der Waals surface area (Å²) in [6, 6.07) is 12.6. The zero-order valence-corrected chi connectivity index (χ0v) is 16.8. The standard InChI is InChI=1S/C23H31NO2/c1-15(2)20-14-21(17(4)13-22(20)26-6)18(5)24-23(25)12-11-19-9-7-16(3)8-10-19/h7-10,13-15,18H,11-12H2,1-6H3,(H,24,25)/t18-/m1/s1. The number of carbonyl (C=O) groups is 1. The van der Waals surface area contributed by atoms with Gasteiger partial charge in [0.1, 0.15) is 5.75 Å². The van der Waals surface area contributed by atoms with Gasteiger partial charge in [-0.05, 0) is 67.5 Å². The van der Waals surface area contributed by atoms with Crippen molar-refractivity contribution in [3.05, 3.63) is 64.2 Å². The maximum atomic E-state index is 12.4. The van der Waals surface area contributed by atoms with E-state index < -0.39 is 0 Å². The van der Waals surface area contributed by atoms with Gasteiger partial charge in [0.15, 0.2) is 0 Å². The molecule has 0 aromatic heterocycles. The SMILES string of the molecule is COc1cc(C)c([C@@H](C)NC(=O)CCc2ccc(C)cc2)cc1C(C)C. The van der Waals surface area contributed by atoms with E-state index in [1.54, 1.807) is 7.11 Å². The number of carbonyl (C=O) groups excluding carboxylic acids is 1. The van der Waals surface area contributed by atoms with E-state index in [0.717, 1.165) is 23.3 Å². The van der Waals surface area contributed by atoms with Crippen LogP contribution in [0.25, 0.3) is 0 Å². The minimum absolute atomic E-state index is 0.0241. The van der Waals surface area contributed by atoms with Crippen LogP contribution in [0.3, 0.4) is 0 Å². The van der Waals surface area contributed by atoms with E-state index in [2.05, 4.69) is 69.4 Å². The zero-order valence-electron chi connectivity index (χ0n) is 16.8. The number of nitrogens with one attached hydrogen (secondary N) is 1. The van der Waals surface area contributed by atoms with E-state index in [-0.39, 0.29) is 11.9 Å². The Morgan fingerprint density at radius 2 is 1.69 bits per heavy atom. The second kappa shape index (κ2) is 8.88. The van der Waals surface area contributed by atoms with Gasteiger partial charge in [0.2, 0.25) is 5.91 Å². The smallest absolute Gasteiger partial charge is 0.220 e. The highest BCUT2D eigenvalue weighted by atomic mass is 16.5. The number of hydrogen-bond acceptors (Lipinski definition) is 2. The van der Waals surface area contributed by atoms with Crippen molar-refractivity contribution in [1.82, 2.24) is 5.32 Å². The highest BCUT2D eigenvalue weighted by Gasteiger charge is 2.16. The molecule has 3 heteroatoms. The first kappa shape index (κ1) is 20.0. The molecule has 1 amide bonds. The van der Waals surface area contributed by atoms with Crippen LogP contribution in [-0.4, -0.2) is 13.0 Å². The number of benzene rings is 2. The van der Waals surface area contributed by atoms with Gasteiger partial charge < -0.3 is 10.1 Å². The molecule has 2 aromatic carbocycles. The molecule has 1 atom stereocenters. The Morgan fingerprint density at radius 3 is 2.27 bits per heavy atom.